The summed E-state index contributed by atoms with van der Waals surface area (Å²) >= 11 is 1.76. The number of nitrogens with zero attached hydrogens (tertiary/aromatic N) is 3. The maximum absolute atomic E-state index is 5.52. The van der Waals surface area contributed by atoms with Gasteiger partial charge >= 0.3 is 0 Å². The van der Waals surface area contributed by atoms with Gasteiger partial charge in [-0.2, -0.15) is 0 Å². The Bertz CT molecular complexity index is 1180. The van der Waals surface area contributed by atoms with Crippen molar-refractivity contribution in [1.82, 2.24) is 15.0 Å². The lowest BCUT2D eigenvalue weighted by atomic mass is 10.1. The van der Waals surface area contributed by atoms with Crippen LogP contribution in [-0.4, -0.2) is 22.1 Å². The van der Waals surface area contributed by atoms with E-state index in [0.29, 0.717) is 11.8 Å². The minimum atomic E-state index is 0.497. The van der Waals surface area contributed by atoms with Crippen LogP contribution in [0.25, 0.3) is 28.4 Å². The summed E-state index contributed by atoms with van der Waals surface area (Å²) in [6.45, 7) is 4.37. The SMILES string of the molecule is COc1nc2ccccc2nc1-c1cccc(/C=C/CCc2csc(C(C)C)n2)c1. The summed E-state index contributed by atoms with van der Waals surface area (Å²) in [4.78, 5) is 14.1. The highest BCUT2D eigenvalue weighted by atomic mass is 32.1. The molecule has 0 saturated heterocycles. The first-order chi connectivity index (χ1) is 14.6. The molecule has 0 unspecified atom stereocenters. The highest BCUT2D eigenvalue weighted by Crippen LogP contribution is 2.29. The molecule has 4 aromatic rings. The van der Waals surface area contributed by atoms with E-state index >= 15 is 0 Å². The molecule has 0 N–H and O–H groups in total. The Labute approximate surface area is 181 Å². The molecule has 30 heavy (non-hydrogen) atoms. The zero-order chi connectivity index (χ0) is 20.9. The number of aryl methyl sites for hydroxylation is 1. The van der Waals surface area contributed by atoms with E-state index in [0.717, 1.165) is 40.7 Å². The van der Waals surface area contributed by atoms with Gasteiger partial charge in [0.15, 0.2) is 0 Å². The normalized spacial score (nSPS) is 11.6. The molecule has 0 amide bonds. The second-order valence-electron chi connectivity index (χ2n) is 7.47. The Hall–Kier alpha value is -3.05. The van der Waals surface area contributed by atoms with Crippen molar-refractivity contribution in [2.75, 3.05) is 7.11 Å². The van der Waals surface area contributed by atoms with E-state index in [-0.39, 0.29) is 0 Å². The summed E-state index contributed by atoms with van der Waals surface area (Å²) in [7, 11) is 1.63. The number of allylic oxidation sites excluding steroid dienone is 1. The highest BCUT2D eigenvalue weighted by molar-refractivity contribution is 7.09. The van der Waals surface area contributed by atoms with Crippen LogP contribution in [0.1, 0.15) is 42.5 Å². The van der Waals surface area contributed by atoms with Crippen LogP contribution in [0.4, 0.5) is 0 Å². The predicted octanol–water partition coefficient (Wildman–Crippen LogP) is 6.53. The molecule has 4 nitrogen and oxygen atoms in total. The van der Waals surface area contributed by atoms with Crippen molar-refractivity contribution < 1.29 is 4.74 Å². The van der Waals surface area contributed by atoms with Crippen LogP contribution in [0.15, 0.2) is 60.0 Å². The third-order valence-electron chi connectivity index (χ3n) is 4.83. The molecule has 0 aliphatic carbocycles. The third kappa shape index (κ3) is 4.57. The Morgan fingerprint density at radius 3 is 2.53 bits per heavy atom. The topological polar surface area (TPSA) is 47.9 Å². The third-order valence-corrected chi connectivity index (χ3v) is 6.03. The molecule has 0 saturated carbocycles. The molecule has 2 heterocycles. The number of ether oxygens (including phenoxy) is 1. The van der Waals surface area contributed by atoms with Crippen molar-refractivity contribution in [2.45, 2.75) is 32.6 Å². The fourth-order valence-electron chi connectivity index (χ4n) is 3.26. The molecule has 5 heteroatoms. The summed E-state index contributed by atoms with van der Waals surface area (Å²) < 4.78 is 5.52. The number of methoxy groups -OCH3 is 1. The molecule has 0 aliphatic rings. The minimum absolute atomic E-state index is 0.497. The molecular weight excluding hydrogens is 390 g/mol. The average Bonchev–Trinajstić information content (AvgIpc) is 3.25. The number of thiazole rings is 1. The molecule has 0 fully saturated rings. The summed E-state index contributed by atoms with van der Waals surface area (Å²) in [5.41, 5.74) is 5.75. The van der Waals surface area contributed by atoms with Crippen LogP contribution < -0.4 is 4.74 Å². The minimum Gasteiger partial charge on any atom is -0.479 e. The number of hydrogen-bond donors (Lipinski definition) is 0. The van der Waals surface area contributed by atoms with Crippen molar-refractivity contribution in [3.8, 4) is 17.1 Å². The maximum Gasteiger partial charge on any atom is 0.240 e. The molecule has 0 bridgehead atoms. The van der Waals surface area contributed by atoms with Gasteiger partial charge in [0.05, 0.1) is 28.8 Å². The molecule has 0 aliphatic heterocycles. The molecule has 4 rings (SSSR count). The summed E-state index contributed by atoms with van der Waals surface area (Å²) in [6, 6.07) is 16.1. The lowest BCUT2D eigenvalue weighted by molar-refractivity contribution is 0.400. The van der Waals surface area contributed by atoms with Gasteiger partial charge in [-0.05, 0) is 36.6 Å². The number of benzene rings is 2. The van der Waals surface area contributed by atoms with Crippen molar-refractivity contribution in [3.63, 3.8) is 0 Å². The van der Waals surface area contributed by atoms with Gasteiger partial charge in [-0.15, -0.1) is 11.3 Å². The van der Waals surface area contributed by atoms with Crippen LogP contribution in [0.2, 0.25) is 0 Å². The van der Waals surface area contributed by atoms with Crippen LogP contribution in [0.3, 0.4) is 0 Å². The molecule has 152 valence electrons. The Kier molecular flexibility index (Phi) is 6.19. The summed E-state index contributed by atoms with van der Waals surface area (Å²) in [5.74, 6) is 1.04. The quantitative estimate of drug-likeness (QED) is 0.344. The molecule has 0 spiro atoms. The number of fused-ring (bicyclic) bond motifs is 1. The second kappa shape index (κ2) is 9.18. The van der Waals surface area contributed by atoms with Gasteiger partial charge in [0.25, 0.3) is 0 Å². The molecule has 0 radical (unpaired) electrons. The van der Waals surface area contributed by atoms with Gasteiger partial charge in [-0.1, -0.05) is 56.3 Å². The molecule has 2 aromatic carbocycles. The van der Waals surface area contributed by atoms with Crippen molar-refractivity contribution in [2.24, 2.45) is 0 Å². The first-order valence-corrected chi connectivity index (χ1v) is 11.0. The first kappa shape index (κ1) is 20.2. The number of rotatable bonds is 7. The van der Waals surface area contributed by atoms with E-state index in [2.05, 4.69) is 48.5 Å². The Morgan fingerprint density at radius 2 is 1.80 bits per heavy atom. The van der Waals surface area contributed by atoms with Gasteiger partial charge in [-0.25, -0.2) is 15.0 Å². The molecule has 2 aromatic heterocycles. The lowest BCUT2D eigenvalue weighted by Crippen LogP contribution is -1.96. The summed E-state index contributed by atoms with van der Waals surface area (Å²) in [5, 5.41) is 3.39. The number of aromatic nitrogens is 3. The van der Waals surface area contributed by atoms with Gasteiger partial charge in [0.2, 0.25) is 5.88 Å². The fraction of sp³-hybridized carbons (Fsp3) is 0.240. The lowest BCUT2D eigenvalue weighted by Gasteiger charge is -2.09. The Balaban J connectivity index is 1.51. The van der Waals surface area contributed by atoms with E-state index in [1.807, 2.05) is 36.4 Å². The van der Waals surface area contributed by atoms with E-state index in [1.54, 1.807) is 18.4 Å². The van der Waals surface area contributed by atoms with Crippen molar-refractivity contribution in [3.05, 3.63) is 76.3 Å². The average molecular weight is 416 g/mol. The van der Waals surface area contributed by atoms with Gasteiger partial charge < -0.3 is 4.74 Å². The summed E-state index contributed by atoms with van der Waals surface area (Å²) in [6.07, 6.45) is 6.28. The van der Waals surface area contributed by atoms with E-state index in [4.69, 9.17) is 14.7 Å². The van der Waals surface area contributed by atoms with Crippen LogP contribution in [-0.2, 0) is 6.42 Å². The zero-order valence-corrected chi connectivity index (χ0v) is 18.3. The van der Waals surface area contributed by atoms with Crippen molar-refractivity contribution >= 4 is 28.4 Å². The zero-order valence-electron chi connectivity index (χ0n) is 17.5. The number of para-hydroxylation sites is 2. The predicted molar refractivity (Wildman–Crippen MR) is 125 cm³/mol. The Morgan fingerprint density at radius 1 is 1.00 bits per heavy atom. The molecular formula is C25H25N3OS. The fourth-order valence-corrected chi connectivity index (χ4v) is 4.13. The first-order valence-electron chi connectivity index (χ1n) is 10.2. The second-order valence-corrected chi connectivity index (χ2v) is 8.36. The smallest absolute Gasteiger partial charge is 0.240 e. The van der Waals surface area contributed by atoms with Gasteiger partial charge in [-0.3, -0.25) is 0 Å². The van der Waals surface area contributed by atoms with Crippen LogP contribution in [0.5, 0.6) is 5.88 Å². The van der Waals surface area contributed by atoms with E-state index in [9.17, 15) is 0 Å². The standard InChI is InChI=1S/C25H25N3OS/c1-17(2)25-26-20(16-30-25)12-5-4-9-18-10-8-11-19(15-18)23-24(29-3)28-22-14-7-6-13-21(22)27-23/h4,6-11,13-17H,5,12H2,1-3H3/b9-4+. The maximum atomic E-state index is 5.52. The largest absolute Gasteiger partial charge is 0.479 e. The number of hydrogen-bond acceptors (Lipinski definition) is 5. The van der Waals surface area contributed by atoms with Gasteiger partial charge in [0, 0.05) is 16.9 Å². The van der Waals surface area contributed by atoms with E-state index < -0.39 is 0 Å². The van der Waals surface area contributed by atoms with Gasteiger partial charge in [0.1, 0.15) is 5.69 Å². The van der Waals surface area contributed by atoms with Crippen molar-refractivity contribution in [1.29, 1.82) is 0 Å². The van der Waals surface area contributed by atoms with Crippen LogP contribution >= 0.6 is 11.3 Å². The van der Waals surface area contributed by atoms with Crippen LogP contribution in [0, 0.1) is 0 Å². The highest BCUT2D eigenvalue weighted by Gasteiger charge is 2.11. The molecule has 0 atom stereocenters. The monoisotopic (exact) mass is 415 g/mol. The van der Waals surface area contributed by atoms with E-state index in [1.165, 1.54) is 10.7 Å².